The lowest BCUT2D eigenvalue weighted by Gasteiger charge is -2.17. The Balaban J connectivity index is 0.00000320. The molecule has 9 heteroatoms. The van der Waals surface area contributed by atoms with Gasteiger partial charge in [-0.3, -0.25) is 4.79 Å². The fourth-order valence-electron chi connectivity index (χ4n) is 3.06. The fourth-order valence-corrected chi connectivity index (χ4v) is 3.06. The number of hydrogen-bond donors (Lipinski definition) is 2. The third-order valence-electron chi connectivity index (χ3n) is 4.86. The second-order valence-electron chi connectivity index (χ2n) is 7.45. The van der Waals surface area contributed by atoms with Crippen LogP contribution in [0.5, 0.6) is 0 Å². The molecule has 1 aromatic carbocycles. The largest absolute Gasteiger partial charge is 0.381 e. The molecule has 1 amide bonds. The number of benzene rings is 1. The third kappa shape index (κ3) is 6.98. The van der Waals surface area contributed by atoms with Crippen LogP contribution in [-0.2, 0) is 16.1 Å². The highest BCUT2D eigenvalue weighted by Crippen LogP contribution is 2.15. The second kappa shape index (κ2) is 11.9. The standard InChI is InChI=1S/C21H30N6O2.HI/c1-16-8-10-27(25-16)19-7-5-4-6-18(19)13-23-21(24-14-20(28)26(2)3)22-12-17-9-11-29-15-17;/h4-8,10,17H,9,11-15H2,1-3H3,(H2,22,23,24);1H. The van der Waals surface area contributed by atoms with Crippen LogP contribution in [0.2, 0.25) is 0 Å². The van der Waals surface area contributed by atoms with E-state index in [1.165, 1.54) is 0 Å². The molecule has 1 aromatic heterocycles. The van der Waals surface area contributed by atoms with Gasteiger partial charge in [0.1, 0.15) is 0 Å². The lowest BCUT2D eigenvalue weighted by molar-refractivity contribution is -0.127. The minimum Gasteiger partial charge on any atom is -0.381 e. The Morgan fingerprint density at radius 3 is 2.77 bits per heavy atom. The molecule has 0 aliphatic carbocycles. The van der Waals surface area contributed by atoms with Crippen LogP contribution < -0.4 is 10.6 Å². The number of aromatic nitrogens is 2. The van der Waals surface area contributed by atoms with Crippen molar-refractivity contribution in [3.05, 3.63) is 47.8 Å². The lowest BCUT2D eigenvalue weighted by Crippen LogP contribution is -2.44. The number of halogens is 1. The van der Waals surface area contributed by atoms with E-state index >= 15 is 0 Å². The molecule has 0 radical (unpaired) electrons. The number of nitrogens with zero attached hydrogens (tertiary/aromatic N) is 4. The fraction of sp³-hybridized carbons (Fsp3) is 0.476. The van der Waals surface area contributed by atoms with Crippen molar-refractivity contribution in [2.45, 2.75) is 19.9 Å². The van der Waals surface area contributed by atoms with Gasteiger partial charge in [-0.05, 0) is 31.0 Å². The number of carbonyl (C=O) groups is 1. The molecule has 0 saturated carbocycles. The number of para-hydroxylation sites is 1. The topological polar surface area (TPSA) is 83.8 Å². The maximum Gasteiger partial charge on any atom is 0.241 e. The van der Waals surface area contributed by atoms with E-state index in [-0.39, 0.29) is 36.4 Å². The van der Waals surface area contributed by atoms with Crippen LogP contribution in [0, 0.1) is 12.8 Å². The molecule has 0 bridgehead atoms. The van der Waals surface area contributed by atoms with E-state index in [0.29, 0.717) is 18.4 Å². The van der Waals surface area contributed by atoms with Gasteiger partial charge in [-0.1, -0.05) is 18.2 Å². The summed E-state index contributed by atoms with van der Waals surface area (Å²) in [6.45, 7) is 4.97. The van der Waals surface area contributed by atoms with Crippen LogP contribution in [0.25, 0.3) is 5.69 Å². The SMILES string of the molecule is Cc1ccn(-c2ccccc2CN=C(NCC(=O)N(C)C)NCC2CCOC2)n1.I. The summed E-state index contributed by atoms with van der Waals surface area (Å²) in [6.07, 6.45) is 2.99. The van der Waals surface area contributed by atoms with Crippen molar-refractivity contribution in [3.8, 4) is 5.69 Å². The molecule has 164 valence electrons. The Kier molecular flexibility index (Phi) is 9.57. The van der Waals surface area contributed by atoms with Crippen molar-refractivity contribution < 1.29 is 9.53 Å². The molecule has 2 heterocycles. The average molecular weight is 526 g/mol. The van der Waals surface area contributed by atoms with E-state index in [0.717, 1.165) is 43.1 Å². The number of ether oxygens (including phenoxy) is 1. The first kappa shape index (κ1) is 24.1. The zero-order valence-corrected chi connectivity index (χ0v) is 20.1. The minimum absolute atomic E-state index is 0. The Labute approximate surface area is 195 Å². The van der Waals surface area contributed by atoms with Crippen molar-refractivity contribution in [2.24, 2.45) is 10.9 Å². The van der Waals surface area contributed by atoms with Crippen LogP contribution in [0.1, 0.15) is 17.7 Å². The molecule has 1 unspecified atom stereocenters. The summed E-state index contributed by atoms with van der Waals surface area (Å²) < 4.78 is 7.31. The molecule has 1 aliphatic rings. The molecule has 1 fully saturated rings. The van der Waals surface area contributed by atoms with E-state index in [1.807, 2.05) is 48.1 Å². The summed E-state index contributed by atoms with van der Waals surface area (Å²) in [4.78, 5) is 18.3. The third-order valence-corrected chi connectivity index (χ3v) is 4.86. The molecular weight excluding hydrogens is 495 g/mol. The van der Waals surface area contributed by atoms with Gasteiger partial charge in [0.05, 0.1) is 31.1 Å². The van der Waals surface area contributed by atoms with E-state index in [2.05, 4.69) is 15.7 Å². The first-order valence-electron chi connectivity index (χ1n) is 9.93. The highest BCUT2D eigenvalue weighted by Gasteiger charge is 2.16. The summed E-state index contributed by atoms with van der Waals surface area (Å²) in [5.41, 5.74) is 3.02. The quantitative estimate of drug-likeness (QED) is 0.328. The number of guanidine groups is 1. The monoisotopic (exact) mass is 526 g/mol. The van der Waals surface area contributed by atoms with Crippen LogP contribution >= 0.6 is 24.0 Å². The van der Waals surface area contributed by atoms with Gasteiger partial charge in [-0.25, -0.2) is 9.67 Å². The van der Waals surface area contributed by atoms with Crippen LogP contribution in [0.15, 0.2) is 41.5 Å². The van der Waals surface area contributed by atoms with E-state index in [1.54, 1.807) is 19.0 Å². The Bertz CT molecular complexity index is 846. The maximum absolute atomic E-state index is 12.0. The minimum atomic E-state index is -0.00360. The Morgan fingerprint density at radius 2 is 2.10 bits per heavy atom. The molecule has 0 spiro atoms. The molecule has 2 N–H and O–H groups in total. The molecule has 1 saturated heterocycles. The highest BCUT2D eigenvalue weighted by atomic mass is 127. The molecule has 2 aromatic rings. The van der Waals surface area contributed by atoms with Crippen LogP contribution in [0.4, 0.5) is 0 Å². The highest BCUT2D eigenvalue weighted by molar-refractivity contribution is 14.0. The van der Waals surface area contributed by atoms with Gasteiger partial charge in [0.2, 0.25) is 5.91 Å². The van der Waals surface area contributed by atoms with Gasteiger partial charge in [-0.15, -0.1) is 24.0 Å². The first-order chi connectivity index (χ1) is 14.0. The zero-order chi connectivity index (χ0) is 20.6. The summed E-state index contributed by atoms with van der Waals surface area (Å²) >= 11 is 0. The van der Waals surface area contributed by atoms with Gasteiger partial charge in [-0.2, -0.15) is 5.10 Å². The summed E-state index contributed by atoms with van der Waals surface area (Å²) in [5.74, 6) is 1.08. The van der Waals surface area contributed by atoms with E-state index in [9.17, 15) is 4.79 Å². The normalized spacial score (nSPS) is 16.1. The number of amides is 1. The van der Waals surface area contributed by atoms with Crippen LogP contribution in [0.3, 0.4) is 0 Å². The number of carbonyl (C=O) groups excluding carboxylic acids is 1. The first-order valence-corrected chi connectivity index (χ1v) is 9.93. The Hall–Kier alpha value is -2.14. The van der Waals surface area contributed by atoms with E-state index in [4.69, 9.17) is 9.73 Å². The molecule has 1 aliphatic heterocycles. The zero-order valence-electron chi connectivity index (χ0n) is 17.8. The lowest BCUT2D eigenvalue weighted by atomic mass is 10.1. The number of likely N-dealkylation sites (N-methyl/N-ethyl adjacent to an activating group) is 1. The summed E-state index contributed by atoms with van der Waals surface area (Å²) in [6, 6.07) is 10.0. The number of rotatable bonds is 7. The second-order valence-corrected chi connectivity index (χ2v) is 7.45. The average Bonchev–Trinajstić information content (AvgIpc) is 3.39. The van der Waals surface area contributed by atoms with Crippen molar-refractivity contribution in [2.75, 3.05) is 40.4 Å². The number of aryl methyl sites for hydroxylation is 1. The van der Waals surface area contributed by atoms with Gasteiger partial charge in [0.25, 0.3) is 0 Å². The van der Waals surface area contributed by atoms with Crippen molar-refractivity contribution >= 4 is 35.8 Å². The molecular formula is C21H31IN6O2. The van der Waals surface area contributed by atoms with E-state index < -0.39 is 0 Å². The number of nitrogens with one attached hydrogen (secondary N) is 2. The van der Waals surface area contributed by atoms with Crippen molar-refractivity contribution in [1.82, 2.24) is 25.3 Å². The number of aliphatic imine (C=N–C) groups is 1. The van der Waals surface area contributed by atoms with Gasteiger partial charge < -0.3 is 20.3 Å². The predicted octanol–water partition coefficient (Wildman–Crippen LogP) is 1.96. The number of hydrogen-bond acceptors (Lipinski definition) is 4. The van der Waals surface area contributed by atoms with Gasteiger partial charge in [0.15, 0.2) is 5.96 Å². The predicted molar refractivity (Wildman–Crippen MR) is 128 cm³/mol. The smallest absolute Gasteiger partial charge is 0.241 e. The summed E-state index contributed by atoms with van der Waals surface area (Å²) in [5, 5.41) is 11.0. The van der Waals surface area contributed by atoms with Crippen LogP contribution in [-0.4, -0.2) is 66.9 Å². The summed E-state index contributed by atoms with van der Waals surface area (Å²) in [7, 11) is 3.49. The van der Waals surface area contributed by atoms with Crippen molar-refractivity contribution in [1.29, 1.82) is 0 Å². The van der Waals surface area contributed by atoms with Gasteiger partial charge >= 0.3 is 0 Å². The molecule has 3 rings (SSSR count). The molecule has 8 nitrogen and oxygen atoms in total. The molecule has 1 atom stereocenters. The maximum atomic E-state index is 12.0. The Morgan fingerprint density at radius 1 is 1.30 bits per heavy atom. The van der Waals surface area contributed by atoms with Gasteiger partial charge in [0, 0.05) is 39.4 Å². The van der Waals surface area contributed by atoms with Crippen molar-refractivity contribution in [3.63, 3.8) is 0 Å². The molecule has 30 heavy (non-hydrogen) atoms.